The Bertz CT molecular complexity index is 1020. The number of ether oxygens (including phenoxy) is 4. The third-order valence-corrected chi connectivity index (χ3v) is 5.93. The van der Waals surface area contributed by atoms with Gasteiger partial charge in [0.25, 0.3) is 0 Å². The van der Waals surface area contributed by atoms with E-state index in [4.69, 9.17) is 18.9 Å². The molecule has 4 rings (SSSR count). The Kier molecular flexibility index (Phi) is 6.68. The van der Waals surface area contributed by atoms with Crippen molar-refractivity contribution in [3.05, 3.63) is 42.5 Å². The molecule has 0 saturated carbocycles. The first kappa shape index (κ1) is 21.2. The molecule has 1 fully saturated rings. The summed E-state index contributed by atoms with van der Waals surface area (Å²) in [6.45, 7) is 6.33. The molecule has 5 nitrogen and oxygen atoms in total. The first-order valence-corrected chi connectivity index (χ1v) is 11.5. The fourth-order valence-corrected chi connectivity index (χ4v) is 3.85. The van der Waals surface area contributed by atoms with Gasteiger partial charge in [0.1, 0.15) is 24.2 Å². The highest BCUT2D eigenvalue weighted by molar-refractivity contribution is 7.98. The Hall–Kier alpha value is -1.99. The van der Waals surface area contributed by atoms with Crippen LogP contribution in [0.1, 0.15) is 13.8 Å². The monoisotopic (exact) mass is 428 g/mol. The van der Waals surface area contributed by atoms with Crippen LogP contribution in [0.25, 0.3) is 21.5 Å². The van der Waals surface area contributed by atoms with Crippen LogP contribution >= 0.6 is 11.8 Å². The fourth-order valence-electron chi connectivity index (χ4n) is 3.41. The molecule has 0 aliphatic carbocycles. The van der Waals surface area contributed by atoms with Crippen LogP contribution in [0, 0.1) is 0 Å². The maximum Gasteiger partial charge on any atom is 0.135 e. The SMILES string of the molecule is CSc1ccc2c(OCC(C)OCC(C)OCC3CO3)c3ccccc3c(O)c2c1. The number of phenols is 1. The summed E-state index contributed by atoms with van der Waals surface area (Å²) in [7, 11) is 0. The molecule has 0 aromatic heterocycles. The maximum absolute atomic E-state index is 10.9. The molecule has 3 unspecified atom stereocenters. The van der Waals surface area contributed by atoms with Crippen LogP contribution in [0.2, 0.25) is 0 Å². The number of hydrogen-bond donors (Lipinski definition) is 1. The van der Waals surface area contributed by atoms with Gasteiger partial charge >= 0.3 is 0 Å². The molecule has 1 saturated heterocycles. The van der Waals surface area contributed by atoms with E-state index in [-0.39, 0.29) is 18.3 Å². The third-order valence-electron chi connectivity index (χ3n) is 5.20. The average molecular weight is 429 g/mol. The van der Waals surface area contributed by atoms with E-state index in [1.807, 2.05) is 56.5 Å². The van der Waals surface area contributed by atoms with E-state index in [1.54, 1.807) is 11.8 Å². The van der Waals surface area contributed by atoms with Crippen molar-refractivity contribution >= 4 is 33.3 Å². The van der Waals surface area contributed by atoms with Gasteiger partial charge in [-0.05, 0) is 38.3 Å². The predicted octanol–water partition coefficient (Wildman–Crippen LogP) is 5.01. The Labute approximate surface area is 181 Å². The maximum atomic E-state index is 10.9. The summed E-state index contributed by atoms with van der Waals surface area (Å²) in [5, 5.41) is 14.2. The van der Waals surface area contributed by atoms with Crippen molar-refractivity contribution in [3.63, 3.8) is 0 Å². The van der Waals surface area contributed by atoms with Crippen molar-refractivity contribution in [2.75, 3.05) is 32.7 Å². The van der Waals surface area contributed by atoms with E-state index in [2.05, 4.69) is 6.07 Å². The van der Waals surface area contributed by atoms with E-state index in [1.165, 1.54) is 0 Å². The van der Waals surface area contributed by atoms with Crippen LogP contribution in [0.15, 0.2) is 47.4 Å². The number of phenolic OH excluding ortho intramolecular Hbond substituents is 1. The van der Waals surface area contributed by atoms with Gasteiger partial charge in [-0.3, -0.25) is 0 Å². The topological polar surface area (TPSA) is 60.5 Å². The van der Waals surface area contributed by atoms with Crippen LogP contribution in [0.4, 0.5) is 0 Å². The van der Waals surface area contributed by atoms with Gasteiger partial charge in [0, 0.05) is 26.4 Å². The Morgan fingerprint density at radius 2 is 1.70 bits per heavy atom. The smallest absolute Gasteiger partial charge is 0.135 e. The summed E-state index contributed by atoms with van der Waals surface area (Å²) < 4.78 is 23.0. The van der Waals surface area contributed by atoms with Crippen LogP contribution in [0.5, 0.6) is 11.5 Å². The van der Waals surface area contributed by atoms with Crippen LogP contribution in [0.3, 0.4) is 0 Å². The van der Waals surface area contributed by atoms with E-state index in [0.29, 0.717) is 25.6 Å². The summed E-state index contributed by atoms with van der Waals surface area (Å²) in [5.41, 5.74) is 0. The second-order valence-electron chi connectivity index (χ2n) is 7.69. The quantitative estimate of drug-likeness (QED) is 0.278. The molecular formula is C24H28O5S. The molecular weight excluding hydrogens is 400 g/mol. The molecule has 6 heteroatoms. The zero-order valence-corrected chi connectivity index (χ0v) is 18.4. The molecule has 0 spiro atoms. The second kappa shape index (κ2) is 9.43. The molecule has 0 bridgehead atoms. The van der Waals surface area contributed by atoms with E-state index in [9.17, 15) is 5.11 Å². The predicted molar refractivity (Wildman–Crippen MR) is 121 cm³/mol. The number of rotatable bonds is 10. The minimum atomic E-state index is -0.0960. The number of benzene rings is 3. The summed E-state index contributed by atoms with van der Waals surface area (Å²) in [5.74, 6) is 1.07. The number of aromatic hydroxyl groups is 1. The molecule has 0 radical (unpaired) electrons. The number of fused-ring (bicyclic) bond motifs is 2. The van der Waals surface area contributed by atoms with Crippen LogP contribution in [-0.2, 0) is 14.2 Å². The first-order chi connectivity index (χ1) is 14.6. The Balaban J connectivity index is 1.50. The minimum absolute atomic E-state index is 0.0111. The molecule has 3 aromatic carbocycles. The lowest BCUT2D eigenvalue weighted by Gasteiger charge is -2.20. The molecule has 3 aromatic rings. The van der Waals surface area contributed by atoms with Crippen molar-refractivity contribution in [3.8, 4) is 11.5 Å². The molecule has 1 aliphatic rings. The summed E-state index contributed by atoms with van der Waals surface area (Å²) in [4.78, 5) is 1.10. The van der Waals surface area contributed by atoms with Gasteiger partial charge in [0.2, 0.25) is 0 Å². The largest absolute Gasteiger partial charge is 0.507 e. The summed E-state index contributed by atoms with van der Waals surface area (Å²) in [6.07, 6.45) is 2.20. The first-order valence-electron chi connectivity index (χ1n) is 10.3. The highest BCUT2D eigenvalue weighted by atomic mass is 32.2. The molecule has 0 amide bonds. The van der Waals surface area contributed by atoms with Crippen molar-refractivity contribution in [2.24, 2.45) is 0 Å². The highest BCUT2D eigenvalue weighted by Gasteiger charge is 2.23. The third kappa shape index (κ3) is 4.83. The summed E-state index contributed by atoms with van der Waals surface area (Å²) >= 11 is 1.65. The lowest BCUT2D eigenvalue weighted by molar-refractivity contribution is -0.0449. The van der Waals surface area contributed by atoms with E-state index < -0.39 is 0 Å². The van der Waals surface area contributed by atoms with Crippen molar-refractivity contribution in [1.29, 1.82) is 0 Å². The number of hydrogen-bond acceptors (Lipinski definition) is 6. The van der Waals surface area contributed by atoms with Gasteiger partial charge < -0.3 is 24.1 Å². The van der Waals surface area contributed by atoms with Gasteiger partial charge in [-0.25, -0.2) is 0 Å². The number of epoxide rings is 1. The number of thioether (sulfide) groups is 1. The van der Waals surface area contributed by atoms with Gasteiger partial charge in [-0.1, -0.05) is 24.3 Å². The second-order valence-corrected chi connectivity index (χ2v) is 8.57. The molecule has 1 aliphatic heterocycles. The molecule has 30 heavy (non-hydrogen) atoms. The van der Waals surface area contributed by atoms with E-state index in [0.717, 1.165) is 38.8 Å². The van der Waals surface area contributed by atoms with Crippen molar-refractivity contribution in [1.82, 2.24) is 0 Å². The lowest BCUT2D eigenvalue weighted by atomic mass is 10.0. The van der Waals surface area contributed by atoms with Crippen LogP contribution < -0.4 is 4.74 Å². The van der Waals surface area contributed by atoms with Crippen LogP contribution in [-0.4, -0.2) is 56.1 Å². The van der Waals surface area contributed by atoms with E-state index >= 15 is 0 Å². The zero-order valence-electron chi connectivity index (χ0n) is 17.6. The standard InChI is InChI=1S/C24H28O5S/c1-15(27-13-17-14-28-17)11-26-16(2)12-29-24-20-7-5-4-6-19(20)23(25)22-10-18(30-3)8-9-21(22)24/h4-10,15-17,25H,11-14H2,1-3H3. The van der Waals surface area contributed by atoms with Crippen molar-refractivity contribution in [2.45, 2.75) is 37.1 Å². The van der Waals surface area contributed by atoms with Gasteiger partial charge in [-0.2, -0.15) is 0 Å². The molecule has 1 N–H and O–H groups in total. The normalized spacial score (nSPS) is 17.9. The Morgan fingerprint density at radius 3 is 2.43 bits per heavy atom. The molecule has 1 heterocycles. The van der Waals surface area contributed by atoms with Crippen molar-refractivity contribution < 1.29 is 24.1 Å². The Morgan fingerprint density at radius 1 is 1.00 bits per heavy atom. The van der Waals surface area contributed by atoms with Gasteiger partial charge in [0.05, 0.1) is 32.0 Å². The highest BCUT2D eigenvalue weighted by Crippen LogP contribution is 2.43. The van der Waals surface area contributed by atoms with Gasteiger partial charge in [0.15, 0.2) is 0 Å². The molecule has 3 atom stereocenters. The zero-order chi connectivity index (χ0) is 21.1. The summed E-state index contributed by atoms with van der Waals surface area (Å²) in [6, 6.07) is 13.9. The lowest BCUT2D eigenvalue weighted by Crippen LogP contribution is -2.25. The minimum Gasteiger partial charge on any atom is -0.507 e. The molecule has 160 valence electrons. The average Bonchev–Trinajstić information content (AvgIpc) is 3.60. The van der Waals surface area contributed by atoms with Gasteiger partial charge in [-0.15, -0.1) is 11.8 Å². The fraction of sp³-hybridized carbons (Fsp3) is 0.417.